The third kappa shape index (κ3) is 2.32. The van der Waals surface area contributed by atoms with Crippen molar-refractivity contribution in [2.24, 2.45) is 5.92 Å². The summed E-state index contributed by atoms with van der Waals surface area (Å²) in [6, 6.07) is 5.79. The quantitative estimate of drug-likeness (QED) is 0.894. The molecule has 0 bridgehead atoms. The number of hydrogen-bond donors (Lipinski definition) is 1. The summed E-state index contributed by atoms with van der Waals surface area (Å²) in [7, 11) is -2.90. The zero-order valence-electron chi connectivity index (χ0n) is 10.7. The highest BCUT2D eigenvalue weighted by Gasteiger charge is 2.28. The van der Waals surface area contributed by atoms with Crippen LogP contribution in [0.4, 0.5) is 0 Å². The van der Waals surface area contributed by atoms with E-state index in [2.05, 4.69) is 4.98 Å². The molecule has 0 aliphatic carbocycles. The minimum Gasteiger partial charge on any atom is -0.306 e. The molecule has 1 N–H and O–H groups in total. The first kappa shape index (κ1) is 12.5. The Balaban J connectivity index is 1.97. The van der Waals surface area contributed by atoms with Gasteiger partial charge in [-0.2, -0.15) is 0 Å². The van der Waals surface area contributed by atoms with Crippen molar-refractivity contribution in [3.05, 3.63) is 34.2 Å². The Bertz CT molecular complexity index is 786. The minimum absolute atomic E-state index is 0.0444. The zero-order valence-corrected chi connectivity index (χ0v) is 11.5. The van der Waals surface area contributed by atoms with Crippen molar-refractivity contribution in [3.63, 3.8) is 0 Å². The molecule has 1 aliphatic heterocycles. The summed E-state index contributed by atoms with van der Waals surface area (Å²) in [6.07, 6.45) is 0.646. The Kier molecular flexibility index (Phi) is 2.78. The third-order valence-electron chi connectivity index (χ3n) is 3.70. The van der Waals surface area contributed by atoms with E-state index in [0.29, 0.717) is 13.0 Å². The lowest BCUT2D eigenvalue weighted by atomic mass is 10.1. The molecule has 1 saturated heterocycles. The van der Waals surface area contributed by atoms with Crippen LogP contribution >= 0.6 is 0 Å². The molecule has 1 unspecified atom stereocenters. The number of hydrogen-bond acceptors (Lipinski definition) is 3. The topological polar surface area (TPSA) is 71.9 Å². The normalized spacial score (nSPS) is 22.1. The maximum atomic E-state index is 12.0. The van der Waals surface area contributed by atoms with Gasteiger partial charge in [0.1, 0.15) is 0 Å². The number of aryl methyl sites for hydroxylation is 1. The number of nitrogens with zero attached hydrogens (tertiary/aromatic N) is 1. The average molecular weight is 280 g/mol. The third-order valence-corrected chi connectivity index (χ3v) is 5.53. The Labute approximate surface area is 111 Å². The van der Waals surface area contributed by atoms with Crippen LogP contribution in [0.2, 0.25) is 0 Å². The standard InChI is InChI=1S/C13H16N2O3S/c1-9-2-3-12-11(6-9)14-13(16)15(12)7-10-4-5-19(17,18)8-10/h2-3,6,10H,4-5,7-8H2,1H3,(H,14,16). The summed E-state index contributed by atoms with van der Waals surface area (Å²) >= 11 is 0. The smallest absolute Gasteiger partial charge is 0.306 e. The number of aromatic nitrogens is 2. The van der Waals surface area contributed by atoms with Gasteiger partial charge in [0.05, 0.1) is 22.5 Å². The minimum atomic E-state index is -2.90. The average Bonchev–Trinajstić information content (AvgIpc) is 2.80. The number of aromatic amines is 1. The molecule has 2 aromatic rings. The highest BCUT2D eigenvalue weighted by molar-refractivity contribution is 7.91. The number of sulfone groups is 1. The molecule has 2 heterocycles. The molecule has 0 amide bonds. The fourth-order valence-corrected chi connectivity index (χ4v) is 4.58. The Hall–Kier alpha value is -1.56. The first-order valence-electron chi connectivity index (χ1n) is 6.34. The zero-order chi connectivity index (χ0) is 13.6. The molecule has 1 aromatic heterocycles. The molecule has 1 aliphatic rings. The van der Waals surface area contributed by atoms with E-state index in [1.165, 1.54) is 0 Å². The van der Waals surface area contributed by atoms with E-state index in [1.54, 1.807) is 4.57 Å². The van der Waals surface area contributed by atoms with Crippen molar-refractivity contribution < 1.29 is 8.42 Å². The summed E-state index contributed by atoms with van der Waals surface area (Å²) in [4.78, 5) is 14.8. The van der Waals surface area contributed by atoms with Crippen LogP contribution in [-0.4, -0.2) is 29.5 Å². The number of H-pyrrole nitrogens is 1. The molecule has 1 fully saturated rings. The van der Waals surface area contributed by atoms with Crippen molar-refractivity contribution >= 4 is 20.9 Å². The number of rotatable bonds is 2. The molecular formula is C13H16N2O3S. The number of benzene rings is 1. The molecule has 6 heteroatoms. The molecule has 1 atom stereocenters. The van der Waals surface area contributed by atoms with Crippen LogP contribution in [0.5, 0.6) is 0 Å². The van der Waals surface area contributed by atoms with Crippen molar-refractivity contribution in [3.8, 4) is 0 Å². The van der Waals surface area contributed by atoms with E-state index in [1.807, 2.05) is 25.1 Å². The monoisotopic (exact) mass is 280 g/mol. The fraction of sp³-hybridized carbons (Fsp3) is 0.462. The molecular weight excluding hydrogens is 264 g/mol. The first-order chi connectivity index (χ1) is 8.94. The second kappa shape index (κ2) is 4.23. The summed E-state index contributed by atoms with van der Waals surface area (Å²) in [5.74, 6) is 0.481. The number of imidazole rings is 1. The summed E-state index contributed by atoms with van der Waals surface area (Å²) in [5, 5.41) is 0. The molecule has 0 spiro atoms. The Morgan fingerprint density at radius 3 is 2.89 bits per heavy atom. The second-order valence-corrected chi connectivity index (χ2v) is 7.56. The van der Waals surface area contributed by atoms with Crippen LogP contribution in [0.3, 0.4) is 0 Å². The lowest BCUT2D eigenvalue weighted by Gasteiger charge is -2.08. The van der Waals surface area contributed by atoms with Crippen molar-refractivity contribution in [1.29, 1.82) is 0 Å². The van der Waals surface area contributed by atoms with Gasteiger partial charge in [-0.15, -0.1) is 0 Å². The highest BCUT2D eigenvalue weighted by Crippen LogP contribution is 2.21. The lowest BCUT2D eigenvalue weighted by molar-refractivity contribution is 0.490. The number of nitrogens with one attached hydrogen (secondary N) is 1. The van der Waals surface area contributed by atoms with Gasteiger partial charge < -0.3 is 4.98 Å². The highest BCUT2D eigenvalue weighted by atomic mass is 32.2. The molecule has 0 saturated carbocycles. The van der Waals surface area contributed by atoms with Crippen LogP contribution in [0.1, 0.15) is 12.0 Å². The van der Waals surface area contributed by atoms with Crippen molar-refractivity contribution in [2.75, 3.05) is 11.5 Å². The predicted molar refractivity (Wildman–Crippen MR) is 74.1 cm³/mol. The first-order valence-corrected chi connectivity index (χ1v) is 8.16. The van der Waals surface area contributed by atoms with Crippen LogP contribution in [0.15, 0.2) is 23.0 Å². The molecule has 5 nitrogen and oxygen atoms in total. The van der Waals surface area contributed by atoms with Gasteiger partial charge >= 0.3 is 5.69 Å². The second-order valence-electron chi connectivity index (χ2n) is 5.33. The van der Waals surface area contributed by atoms with Crippen LogP contribution in [0.25, 0.3) is 11.0 Å². The van der Waals surface area contributed by atoms with Gasteiger partial charge in [-0.3, -0.25) is 4.57 Å². The van der Waals surface area contributed by atoms with Gasteiger partial charge in [-0.25, -0.2) is 13.2 Å². The van der Waals surface area contributed by atoms with Gasteiger partial charge in [0, 0.05) is 6.54 Å². The van der Waals surface area contributed by atoms with E-state index >= 15 is 0 Å². The van der Waals surface area contributed by atoms with Gasteiger partial charge in [-0.05, 0) is 37.0 Å². The van der Waals surface area contributed by atoms with E-state index in [0.717, 1.165) is 16.6 Å². The Morgan fingerprint density at radius 2 is 2.21 bits per heavy atom. The summed E-state index contributed by atoms with van der Waals surface area (Å²) in [5.41, 5.74) is 2.58. The van der Waals surface area contributed by atoms with Gasteiger partial charge in [0.25, 0.3) is 0 Å². The van der Waals surface area contributed by atoms with E-state index in [-0.39, 0.29) is 23.1 Å². The maximum absolute atomic E-state index is 12.0. The van der Waals surface area contributed by atoms with Crippen molar-refractivity contribution in [2.45, 2.75) is 19.9 Å². The van der Waals surface area contributed by atoms with Gasteiger partial charge in [0.2, 0.25) is 0 Å². The van der Waals surface area contributed by atoms with Gasteiger partial charge in [-0.1, -0.05) is 6.07 Å². The largest absolute Gasteiger partial charge is 0.326 e. The predicted octanol–water partition coefficient (Wildman–Crippen LogP) is 1.07. The SMILES string of the molecule is Cc1ccc2c(c1)[nH]c(=O)n2CC1CCS(=O)(=O)C1. The Morgan fingerprint density at radius 1 is 1.42 bits per heavy atom. The molecule has 0 radical (unpaired) electrons. The van der Waals surface area contributed by atoms with Crippen LogP contribution < -0.4 is 5.69 Å². The molecule has 1 aromatic carbocycles. The molecule has 19 heavy (non-hydrogen) atoms. The van der Waals surface area contributed by atoms with E-state index < -0.39 is 9.84 Å². The van der Waals surface area contributed by atoms with E-state index in [9.17, 15) is 13.2 Å². The van der Waals surface area contributed by atoms with Crippen molar-refractivity contribution in [1.82, 2.24) is 9.55 Å². The van der Waals surface area contributed by atoms with Crippen LogP contribution in [-0.2, 0) is 16.4 Å². The maximum Gasteiger partial charge on any atom is 0.326 e. The fourth-order valence-electron chi connectivity index (χ4n) is 2.73. The lowest BCUT2D eigenvalue weighted by Crippen LogP contribution is -2.22. The van der Waals surface area contributed by atoms with Crippen LogP contribution in [0, 0.1) is 12.8 Å². The molecule has 102 valence electrons. The molecule has 3 rings (SSSR count). The summed E-state index contributed by atoms with van der Waals surface area (Å²) < 4.78 is 24.6. The van der Waals surface area contributed by atoms with Gasteiger partial charge in [0.15, 0.2) is 9.84 Å². The number of fused-ring (bicyclic) bond motifs is 1. The summed E-state index contributed by atoms with van der Waals surface area (Å²) in [6.45, 7) is 2.44. The van der Waals surface area contributed by atoms with E-state index in [4.69, 9.17) is 0 Å².